The molecule has 31 heavy (non-hydrogen) atoms. The number of amides is 2. The summed E-state index contributed by atoms with van der Waals surface area (Å²) < 4.78 is 7.74. The third-order valence-corrected chi connectivity index (χ3v) is 5.25. The molecule has 8 heteroatoms. The molecule has 2 amide bonds. The molecule has 0 unspecified atom stereocenters. The number of benzene rings is 1. The summed E-state index contributed by atoms with van der Waals surface area (Å²) >= 11 is 0. The monoisotopic (exact) mass is 420 g/mol. The minimum absolute atomic E-state index is 0.144. The predicted molar refractivity (Wildman–Crippen MR) is 121 cm³/mol. The molecule has 0 bridgehead atoms. The zero-order valence-corrected chi connectivity index (χ0v) is 18.1. The molecule has 3 aromatic rings. The molecular formula is C23H28N6O2. The first-order valence-corrected chi connectivity index (χ1v) is 10.5. The number of pyridine rings is 1. The highest BCUT2D eigenvalue weighted by molar-refractivity contribution is 5.93. The highest BCUT2D eigenvalue weighted by atomic mass is 16.5. The van der Waals surface area contributed by atoms with Gasteiger partial charge in [0.05, 0.1) is 23.6 Å². The van der Waals surface area contributed by atoms with Crippen molar-refractivity contribution in [3.05, 3.63) is 66.4 Å². The van der Waals surface area contributed by atoms with Crippen LogP contribution in [-0.2, 0) is 11.3 Å². The molecule has 1 aromatic carbocycles. The van der Waals surface area contributed by atoms with Crippen molar-refractivity contribution in [1.29, 1.82) is 0 Å². The van der Waals surface area contributed by atoms with E-state index in [2.05, 4.69) is 39.3 Å². The topological polar surface area (TPSA) is 84.3 Å². The molecule has 4 rings (SSSR count). The number of nitrogens with one attached hydrogen (secondary N) is 2. The Morgan fingerprint density at radius 3 is 2.65 bits per heavy atom. The van der Waals surface area contributed by atoms with Crippen molar-refractivity contribution in [2.24, 2.45) is 0 Å². The molecule has 8 nitrogen and oxygen atoms in total. The third kappa shape index (κ3) is 5.03. The number of aromatic nitrogens is 3. The fraction of sp³-hybridized carbons (Fsp3) is 0.348. The zero-order valence-electron chi connectivity index (χ0n) is 18.1. The van der Waals surface area contributed by atoms with E-state index in [1.54, 1.807) is 12.4 Å². The van der Waals surface area contributed by atoms with E-state index in [1.165, 1.54) is 0 Å². The molecular weight excluding hydrogens is 392 g/mol. The van der Waals surface area contributed by atoms with E-state index in [0.717, 1.165) is 41.7 Å². The Hall–Kier alpha value is -3.39. The van der Waals surface area contributed by atoms with Crippen molar-refractivity contribution in [2.75, 3.05) is 23.3 Å². The summed E-state index contributed by atoms with van der Waals surface area (Å²) in [5.41, 5.74) is 2.74. The fourth-order valence-corrected chi connectivity index (χ4v) is 3.90. The van der Waals surface area contributed by atoms with Gasteiger partial charge in [0.15, 0.2) is 0 Å². The summed E-state index contributed by atoms with van der Waals surface area (Å²) in [5.74, 6) is 1.63. The zero-order chi connectivity index (χ0) is 21.8. The molecule has 0 spiro atoms. The van der Waals surface area contributed by atoms with Crippen molar-refractivity contribution < 1.29 is 9.53 Å². The van der Waals surface area contributed by atoms with Gasteiger partial charge in [0.1, 0.15) is 11.6 Å². The minimum Gasteiger partial charge on any atom is -0.372 e. The van der Waals surface area contributed by atoms with Crippen LogP contribution in [0.25, 0.3) is 5.82 Å². The van der Waals surface area contributed by atoms with Gasteiger partial charge in [-0.3, -0.25) is 4.57 Å². The van der Waals surface area contributed by atoms with Gasteiger partial charge < -0.3 is 20.3 Å². The molecule has 2 atom stereocenters. The van der Waals surface area contributed by atoms with Gasteiger partial charge in [-0.25, -0.2) is 14.8 Å². The molecule has 1 fully saturated rings. The summed E-state index contributed by atoms with van der Waals surface area (Å²) in [6.45, 7) is 8.03. The maximum Gasteiger partial charge on any atom is 0.319 e. The van der Waals surface area contributed by atoms with E-state index in [-0.39, 0.29) is 18.2 Å². The van der Waals surface area contributed by atoms with Crippen LogP contribution in [-0.4, -0.2) is 45.9 Å². The lowest BCUT2D eigenvalue weighted by Gasteiger charge is -2.37. The van der Waals surface area contributed by atoms with E-state index in [1.807, 2.05) is 54.1 Å². The second-order valence-electron chi connectivity index (χ2n) is 7.85. The maximum atomic E-state index is 12.6. The van der Waals surface area contributed by atoms with Crippen molar-refractivity contribution in [3.8, 4) is 5.82 Å². The number of nitrogens with zero attached hydrogens (tertiary/aromatic N) is 4. The number of ether oxygens (including phenoxy) is 1. The number of anilines is 2. The van der Waals surface area contributed by atoms with Crippen LogP contribution in [0.5, 0.6) is 0 Å². The lowest BCUT2D eigenvalue weighted by molar-refractivity contribution is -0.00517. The highest BCUT2D eigenvalue weighted by Gasteiger charge is 2.24. The average molecular weight is 421 g/mol. The Morgan fingerprint density at radius 1 is 1.13 bits per heavy atom. The normalized spacial score (nSPS) is 18.6. The highest BCUT2D eigenvalue weighted by Crippen LogP contribution is 2.28. The number of carbonyl (C=O) groups excluding carboxylic acids is 1. The number of urea groups is 1. The van der Waals surface area contributed by atoms with Crippen LogP contribution in [0, 0.1) is 6.92 Å². The van der Waals surface area contributed by atoms with E-state index >= 15 is 0 Å². The van der Waals surface area contributed by atoms with E-state index in [9.17, 15) is 4.79 Å². The van der Waals surface area contributed by atoms with E-state index < -0.39 is 0 Å². The number of morpholine rings is 1. The molecule has 1 saturated heterocycles. The number of aryl methyl sites for hydroxylation is 1. The standard InChI is InChI=1S/C23H28N6O2/c1-16-14-28(15-17(2)31-16)21-7-5-4-6-20(21)27-23(30)26-13-19-8-9-25-22(12-19)29-11-10-24-18(29)3/h4-12,16-17H,13-15H2,1-3H3,(H2,26,27,30)/t16-,17-/m0/s1. The van der Waals surface area contributed by atoms with Gasteiger partial charge in [0.25, 0.3) is 0 Å². The number of carbonyl (C=O) groups is 1. The fourth-order valence-electron chi connectivity index (χ4n) is 3.90. The molecule has 0 saturated carbocycles. The van der Waals surface area contributed by atoms with Crippen LogP contribution in [0.2, 0.25) is 0 Å². The Bertz CT molecular complexity index is 1040. The van der Waals surface area contributed by atoms with Crippen molar-refractivity contribution in [2.45, 2.75) is 39.5 Å². The van der Waals surface area contributed by atoms with Crippen LogP contribution in [0.1, 0.15) is 25.2 Å². The second-order valence-corrected chi connectivity index (χ2v) is 7.85. The largest absolute Gasteiger partial charge is 0.372 e. The Kier molecular flexibility index (Phi) is 6.18. The number of hydrogen-bond donors (Lipinski definition) is 2. The average Bonchev–Trinajstić information content (AvgIpc) is 3.18. The first-order chi connectivity index (χ1) is 15.0. The number of para-hydroxylation sites is 2. The summed E-state index contributed by atoms with van der Waals surface area (Å²) in [6.07, 6.45) is 5.63. The predicted octanol–water partition coefficient (Wildman–Crippen LogP) is 3.51. The van der Waals surface area contributed by atoms with Gasteiger partial charge in [0.2, 0.25) is 0 Å². The van der Waals surface area contributed by atoms with E-state index in [0.29, 0.717) is 6.54 Å². The Morgan fingerprint density at radius 2 is 1.90 bits per heavy atom. The van der Waals surface area contributed by atoms with Crippen LogP contribution < -0.4 is 15.5 Å². The van der Waals surface area contributed by atoms with Crippen molar-refractivity contribution >= 4 is 17.4 Å². The summed E-state index contributed by atoms with van der Waals surface area (Å²) in [4.78, 5) is 23.5. The van der Waals surface area contributed by atoms with Gasteiger partial charge in [-0.1, -0.05) is 12.1 Å². The summed E-state index contributed by atoms with van der Waals surface area (Å²) in [6, 6.07) is 11.4. The lowest BCUT2D eigenvalue weighted by Crippen LogP contribution is -2.45. The van der Waals surface area contributed by atoms with Gasteiger partial charge in [-0.15, -0.1) is 0 Å². The van der Waals surface area contributed by atoms with Crippen LogP contribution >= 0.6 is 0 Å². The number of rotatable bonds is 5. The SMILES string of the molecule is Cc1nccn1-c1cc(CNC(=O)Nc2ccccc2N2C[C@H](C)O[C@@H](C)C2)ccn1. The van der Waals surface area contributed by atoms with Gasteiger partial charge >= 0.3 is 6.03 Å². The maximum absolute atomic E-state index is 12.6. The number of hydrogen-bond acceptors (Lipinski definition) is 5. The minimum atomic E-state index is -0.251. The smallest absolute Gasteiger partial charge is 0.319 e. The first-order valence-electron chi connectivity index (χ1n) is 10.5. The third-order valence-electron chi connectivity index (χ3n) is 5.25. The molecule has 2 aromatic heterocycles. The van der Waals surface area contributed by atoms with Gasteiger partial charge in [-0.05, 0) is 50.6 Å². The van der Waals surface area contributed by atoms with Crippen LogP contribution in [0.4, 0.5) is 16.2 Å². The molecule has 1 aliphatic rings. The number of imidazole rings is 1. The quantitative estimate of drug-likeness (QED) is 0.660. The Labute approximate surface area is 182 Å². The molecule has 2 N–H and O–H groups in total. The lowest BCUT2D eigenvalue weighted by atomic mass is 10.1. The van der Waals surface area contributed by atoms with E-state index in [4.69, 9.17) is 4.74 Å². The van der Waals surface area contributed by atoms with Gasteiger partial charge in [0, 0.05) is 38.2 Å². The summed E-state index contributed by atoms with van der Waals surface area (Å²) in [5, 5.41) is 5.93. The molecule has 0 radical (unpaired) electrons. The van der Waals surface area contributed by atoms with Crippen LogP contribution in [0.15, 0.2) is 55.0 Å². The first kappa shape index (κ1) is 20.9. The summed E-state index contributed by atoms with van der Waals surface area (Å²) in [7, 11) is 0. The molecule has 3 heterocycles. The van der Waals surface area contributed by atoms with Gasteiger partial charge in [-0.2, -0.15) is 0 Å². The molecule has 0 aliphatic carbocycles. The second kappa shape index (κ2) is 9.18. The van der Waals surface area contributed by atoms with Crippen molar-refractivity contribution in [1.82, 2.24) is 19.9 Å². The van der Waals surface area contributed by atoms with Crippen molar-refractivity contribution in [3.63, 3.8) is 0 Å². The Balaban J connectivity index is 1.41. The van der Waals surface area contributed by atoms with Crippen LogP contribution in [0.3, 0.4) is 0 Å². The molecule has 1 aliphatic heterocycles. The molecule has 162 valence electrons.